The van der Waals surface area contributed by atoms with Crippen LogP contribution in [0.2, 0.25) is 0 Å². The highest BCUT2D eigenvalue weighted by Gasteiger charge is 2.46. The first-order valence-electron chi connectivity index (χ1n) is 8.16. The van der Waals surface area contributed by atoms with Gasteiger partial charge in [0.05, 0.1) is 6.61 Å². The predicted molar refractivity (Wildman–Crippen MR) is 86.0 cm³/mol. The van der Waals surface area contributed by atoms with Gasteiger partial charge < -0.3 is 4.74 Å². The minimum atomic E-state index is 0.249. The Morgan fingerprint density at radius 2 is 1.86 bits per heavy atom. The Morgan fingerprint density at radius 1 is 1.05 bits per heavy atom. The first kappa shape index (κ1) is 12.9. The van der Waals surface area contributed by atoms with Gasteiger partial charge in [0.2, 0.25) is 0 Å². The van der Waals surface area contributed by atoms with E-state index in [1.54, 1.807) is 0 Å². The van der Waals surface area contributed by atoms with E-state index in [2.05, 4.69) is 55.5 Å². The molecule has 0 spiro atoms. The zero-order valence-corrected chi connectivity index (χ0v) is 12.6. The van der Waals surface area contributed by atoms with Gasteiger partial charge in [-0.2, -0.15) is 0 Å². The van der Waals surface area contributed by atoms with Gasteiger partial charge in [-0.3, -0.25) is 0 Å². The fourth-order valence-corrected chi connectivity index (χ4v) is 3.81. The second-order valence-corrected chi connectivity index (χ2v) is 6.44. The Morgan fingerprint density at radius 3 is 2.57 bits per heavy atom. The van der Waals surface area contributed by atoms with Gasteiger partial charge in [-0.15, -0.1) is 0 Å². The summed E-state index contributed by atoms with van der Waals surface area (Å²) in [4.78, 5) is 0. The fraction of sp³-hybridized carbons (Fsp3) is 0.400. The van der Waals surface area contributed by atoms with Gasteiger partial charge in [-0.1, -0.05) is 49.4 Å². The monoisotopic (exact) mass is 278 g/mol. The molecule has 2 aliphatic rings. The Bertz CT molecular complexity index is 640. The molecule has 1 heterocycles. The second-order valence-electron chi connectivity index (χ2n) is 6.44. The number of benzene rings is 2. The standard InChI is InChI=1S/C20H22O/c1-2-15-10-13-21-19-14-17(8-9-18(15)19)20(11-12-20)16-6-4-3-5-7-16/h3-9,14-15H,2,10-13H2,1H3/t15-/m1/s1. The zero-order valence-electron chi connectivity index (χ0n) is 12.6. The van der Waals surface area contributed by atoms with Crippen molar-refractivity contribution in [3.63, 3.8) is 0 Å². The smallest absolute Gasteiger partial charge is 0.123 e. The van der Waals surface area contributed by atoms with Crippen molar-refractivity contribution in [1.29, 1.82) is 0 Å². The Hall–Kier alpha value is -1.76. The van der Waals surface area contributed by atoms with Crippen molar-refractivity contribution >= 4 is 0 Å². The third-order valence-electron chi connectivity index (χ3n) is 5.30. The zero-order chi connectivity index (χ0) is 14.3. The van der Waals surface area contributed by atoms with Crippen LogP contribution >= 0.6 is 0 Å². The van der Waals surface area contributed by atoms with Crippen LogP contribution in [-0.2, 0) is 5.41 Å². The molecule has 1 nitrogen and oxygen atoms in total. The lowest BCUT2D eigenvalue weighted by Gasteiger charge is -2.27. The highest BCUT2D eigenvalue weighted by Crippen LogP contribution is 2.54. The molecule has 1 fully saturated rings. The third kappa shape index (κ3) is 2.07. The molecule has 1 saturated carbocycles. The molecule has 0 saturated heterocycles. The minimum absolute atomic E-state index is 0.249. The molecule has 1 aliphatic carbocycles. The summed E-state index contributed by atoms with van der Waals surface area (Å²) in [5, 5.41) is 0. The van der Waals surface area contributed by atoms with E-state index in [1.807, 2.05) is 0 Å². The van der Waals surface area contributed by atoms with E-state index in [-0.39, 0.29) is 5.41 Å². The maximum absolute atomic E-state index is 5.95. The number of hydrogen-bond acceptors (Lipinski definition) is 1. The van der Waals surface area contributed by atoms with E-state index in [0.29, 0.717) is 5.92 Å². The van der Waals surface area contributed by atoms with Crippen LogP contribution in [-0.4, -0.2) is 6.61 Å². The van der Waals surface area contributed by atoms with Gasteiger partial charge in [0.1, 0.15) is 5.75 Å². The van der Waals surface area contributed by atoms with Gasteiger partial charge >= 0.3 is 0 Å². The molecule has 0 unspecified atom stereocenters. The summed E-state index contributed by atoms with van der Waals surface area (Å²) in [7, 11) is 0. The molecule has 1 aliphatic heterocycles. The SMILES string of the molecule is CC[C@@H]1CCOc2cc(C3(c4ccccc4)CC3)ccc21. The van der Waals surface area contributed by atoms with Crippen LogP contribution in [0.1, 0.15) is 55.2 Å². The van der Waals surface area contributed by atoms with E-state index in [1.165, 1.54) is 36.0 Å². The molecule has 1 heteroatoms. The van der Waals surface area contributed by atoms with E-state index in [4.69, 9.17) is 4.74 Å². The normalized spacial score (nSPS) is 22.2. The summed E-state index contributed by atoms with van der Waals surface area (Å²) in [6, 6.07) is 17.9. The van der Waals surface area contributed by atoms with Crippen LogP contribution < -0.4 is 4.74 Å². The minimum Gasteiger partial charge on any atom is -0.493 e. The van der Waals surface area contributed by atoms with Crippen LogP contribution in [0.3, 0.4) is 0 Å². The molecule has 0 bridgehead atoms. The summed E-state index contributed by atoms with van der Waals surface area (Å²) in [5.74, 6) is 1.81. The van der Waals surface area contributed by atoms with Gasteiger partial charge in [0, 0.05) is 5.41 Å². The number of ether oxygens (including phenoxy) is 1. The van der Waals surface area contributed by atoms with Crippen molar-refractivity contribution in [2.45, 2.75) is 43.9 Å². The van der Waals surface area contributed by atoms with Crippen molar-refractivity contribution in [1.82, 2.24) is 0 Å². The van der Waals surface area contributed by atoms with Crippen LogP contribution in [0.5, 0.6) is 5.75 Å². The van der Waals surface area contributed by atoms with Crippen molar-refractivity contribution in [2.24, 2.45) is 0 Å². The quantitative estimate of drug-likeness (QED) is 0.764. The average molecular weight is 278 g/mol. The summed E-state index contributed by atoms with van der Waals surface area (Å²) >= 11 is 0. The molecule has 0 aromatic heterocycles. The molecule has 0 amide bonds. The lowest BCUT2D eigenvalue weighted by atomic mass is 9.84. The summed E-state index contributed by atoms with van der Waals surface area (Å²) in [5.41, 5.74) is 4.55. The van der Waals surface area contributed by atoms with Gasteiger partial charge in [-0.05, 0) is 54.4 Å². The van der Waals surface area contributed by atoms with Crippen molar-refractivity contribution in [3.8, 4) is 5.75 Å². The van der Waals surface area contributed by atoms with Crippen LogP contribution in [0.4, 0.5) is 0 Å². The second kappa shape index (κ2) is 4.91. The lowest BCUT2D eigenvalue weighted by Crippen LogP contribution is -2.15. The summed E-state index contributed by atoms with van der Waals surface area (Å²) in [6.07, 6.45) is 4.88. The van der Waals surface area contributed by atoms with Crippen molar-refractivity contribution in [3.05, 3.63) is 65.2 Å². The molecule has 21 heavy (non-hydrogen) atoms. The highest BCUT2D eigenvalue weighted by atomic mass is 16.5. The largest absolute Gasteiger partial charge is 0.493 e. The first-order chi connectivity index (χ1) is 10.3. The van der Waals surface area contributed by atoms with E-state index >= 15 is 0 Å². The maximum Gasteiger partial charge on any atom is 0.123 e. The van der Waals surface area contributed by atoms with E-state index in [9.17, 15) is 0 Å². The summed E-state index contributed by atoms with van der Waals surface area (Å²) in [6.45, 7) is 3.15. The number of rotatable bonds is 3. The Kier molecular flexibility index (Phi) is 3.02. The van der Waals surface area contributed by atoms with Gasteiger partial charge in [0.25, 0.3) is 0 Å². The molecule has 0 N–H and O–H groups in total. The third-order valence-corrected chi connectivity index (χ3v) is 5.30. The van der Waals surface area contributed by atoms with Crippen molar-refractivity contribution < 1.29 is 4.74 Å². The van der Waals surface area contributed by atoms with Crippen LogP contribution in [0, 0.1) is 0 Å². The topological polar surface area (TPSA) is 9.23 Å². The average Bonchev–Trinajstić information content (AvgIpc) is 3.36. The molecule has 0 radical (unpaired) electrons. The molecule has 108 valence electrons. The van der Waals surface area contributed by atoms with Crippen LogP contribution in [0.15, 0.2) is 48.5 Å². The fourth-order valence-electron chi connectivity index (χ4n) is 3.81. The van der Waals surface area contributed by atoms with Gasteiger partial charge in [0.15, 0.2) is 0 Å². The Balaban J connectivity index is 1.74. The number of fused-ring (bicyclic) bond motifs is 1. The summed E-state index contributed by atoms with van der Waals surface area (Å²) < 4.78 is 5.95. The molecule has 1 atom stereocenters. The molecule has 2 aromatic carbocycles. The van der Waals surface area contributed by atoms with E-state index < -0.39 is 0 Å². The van der Waals surface area contributed by atoms with Gasteiger partial charge in [-0.25, -0.2) is 0 Å². The molecule has 4 rings (SSSR count). The van der Waals surface area contributed by atoms with Crippen LogP contribution in [0.25, 0.3) is 0 Å². The maximum atomic E-state index is 5.95. The highest BCUT2D eigenvalue weighted by molar-refractivity contribution is 5.50. The molecule has 2 aromatic rings. The molecular weight excluding hydrogens is 256 g/mol. The van der Waals surface area contributed by atoms with Crippen molar-refractivity contribution in [2.75, 3.05) is 6.61 Å². The first-order valence-corrected chi connectivity index (χ1v) is 8.16. The van der Waals surface area contributed by atoms with E-state index in [0.717, 1.165) is 18.8 Å². The lowest BCUT2D eigenvalue weighted by molar-refractivity contribution is 0.265. The predicted octanol–water partition coefficient (Wildman–Crippen LogP) is 5.04. The number of hydrogen-bond donors (Lipinski definition) is 0. The Labute approximate surface area is 127 Å². The molecular formula is C20H22O.